The number of aliphatic imine (C=N–C) groups is 4. The molecule has 0 aromatic heterocycles. The van der Waals surface area contributed by atoms with Crippen molar-refractivity contribution >= 4 is 70.2 Å². The highest BCUT2D eigenvalue weighted by Crippen LogP contribution is 2.23. The topological polar surface area (TPSA) is 160 Å². The first-order chi connectivity index (χ1) is 17.3. The number of halogens is 4. The molecule has 0 aliphatic rings. The summed E-state index contributed by atoms with van der Waals surface area (Å²) in [6, 6.07) is 10.7. The molecule has 2 rings (SSSR count). The molecule has 14 heteroatoms. The van der Waals surface area contributed by atoms with Crippen LogP contribution in [0, 0.1) is 0 Å². The minimum atomic E-state index is 0.118. The number of hydrogen-bond acceptors (Lipinski definition) is 2. The van der Waals surface area contributed by atoms with Crippen LogP contribution in [-0.4, -0.2) is 68.4 Å². The van der Waals surface area contributed by atoms with Crippen molar-refractivity contribution in [2.24, 2.45) is 42.9 Å². The van der Waals surface area contributed by atoms with Crippen LogP contribution in [0.1, 0.15) is 11.1 Å². The average molecular weight is 590 g/mol. The first kappa shape index (κ1) is 32.1. The Morgan fingerprint density at radius 1 is 0.649 bits per heavy atom. The van der Waals surface area contributed by atoms with E-state index < -0.39 is 0 Å². The van der Waals surface area contributed by atoms with Crippen molar-refractivity contribution in [1.82, 2.24) is 9.80 Å². The zero-order chi connectivity index (χ0) is 28.1. The first-order valence-electron chi connectivity index (χ1n) is 10.8. The number of nitrogens with two attached hydrogens (primary N) is 4. The molecule has 10 nitrogen and oxygen atoms in total. The summed E-state index contributed by atoms with van der Waals surface area (Å²) < 4.78 is 0. The predicted octanol–water partition coefficient (Wildman–Crippen LogP) is 3.41. The van der Waals surface area contributed by atoms with Crippen LogP contribution in [-0.2, 0) is 13.0 Å². The van der Waals surface area contributed by atoms with E-state index in [2.05, 4.69) is 20.0 Å². The summed E-state index contributed by atoms with van der Waals surface area (Å²) in [5.74, 6) is 0.889. The molecular formula is C23H32Cl4N10. The zero-order valence-electron chi connectivity index (χ0n) is 21.1. The Bertz CT molecular complexity index is 1160. The van der Waals surface area contributed by atoms with Crippen LogP contribution in [0.3, 0.4) is 0 Å². The maximum Gasteiger partial charge on any atom is 0.218 e. The van der Waals surface area contributed by atoms with Gasteiger partial charge in [0.05, 0.1) is 26.6 Å². The molecule has 0 unspecified atom stereocenters. The molecule has 202 valence electrons. The molecule has 2 aromatic rings. The maximum atomic E-state index is 5.92. The van der Waals surface area contributed by atoms with E-state index in [1.54, 1.807) is 56.2 Å². The Hall–Kier alpha value is -2.92. The fourth-order valence-corrected chi connectivity index (χ4v) is 2.95. The van der Waals surface area contributed by atoms with E-state index in [0.29, 0.717) is 51.5 Å². The second-order valence-electron chi connectivity index (χ2n) is 7.89. The van der Waals surface area contributed by atoms with Gasteiger partial charge < -0.3 is 32.7 Å². The fraction of sp³-hybridized carbons (Fsp3) is 0.304. The van der Waals surface area contributed by atoms with Crippen LogP contribution in [0.5, 0.6) is 0 Å². The van der Waals surface area contributed by atoms with Gasteiger partial charge in [-0.15, -0.1) is 0 Å². The van der Waals surface area contributed by atoms with E-state index in [1.807, 2.05) is 18.2 Å². The molecule has 0 fully saturated rings. The van der Waals surface area contributed by atoms with E-state index in [-0.39, 0.29) is 11.9 Å². The largest absolute Gasteiger partial charge is 0.369 e. The SMILES string of the molecule is CN(C)C(N)=NC(N)=NCCc1ccc(Cl)c(Cl)c1.CN(C)C(N)=NC(N)=NCc1ccc(Cl)c(Cl)c1. The van der Waals surface area contributed by atoms with Gasteiger partial charge in [0.1, 0.15) is 0 Å². The van der Waals surface area contributed by atoms with Crippen molar-refractivity contribution in [2.45, 2.75) is 13.0 Å². The van der Waals surface area contributed by atoms with Gasteiger partial charge in [0.15, 0.2) is 11.9 Å². The molecule has 0 aliphatic heterocycles. The maximum absolute atomic E-state index is 5.92. The summed E-state index contributed by atoms with van der Waals surface area (Å²) in [6.45, 7) is 0.876. The van der Waals surface area contributed by atoms with Gasteiger partial charge in [-0.2, -0.15) is 9.98 Å². The molecular weight excluding hydrogens is 558 g/mol. The van der Waals surface area contributed by atoms with Gasteiger partial charge >= 0.3 is 0 Å². The highest BCUT2D eigenvalue weighted by atomic mass is 35.5. The van der Waals surface area contributed by atoms with Gasteiger partial charge in [0.25, 0.3) is 0 Å². The molecule has 0 aliphatic carbocycles. The van der Waals surface area contributed by atoms with Crippen LogP contribution < -0.4 is 22.9 Å². The normalized spacial score (nSPS) is 12.6. The van der Waals surface area contributed by atoms with Crippen molar-refractivity contribution < 1.29 is 0 Å². The standard InChI is InChI=1S/C12H17Cl2N5.C11H15Cl2N5/c1-19(2)12(16)18-11(15)17-6-5-8-3-4-9(13)10(14)7-8;1-18(2)11(15)17-10(14)16-6-7-3-4-8(12)9(13)5-7/h3-4,7H,5-6H2,1-2H3,(H4,15,16,17,18);3-5H,6H2,1-2H3,(H4,14,15,16,17). The van der Waals surface area contributed by atoms with E-state index in [1.165, 1.54) is 0 Å². The molecule has 0 spiro atoms. The number of rotatable bonds is 5. The van der Waals surface area contributed by atoms with E-state index >= 15 is 0 Å². The van der Waals surface area contributed by atoms with Crippen molar-refractivity contribution in [1.29, 1.82) is 0 Å². The number of benzene rings is 2. The molecule has 2 aromatic carbocycles. The Labute approximate surface area is 237 Å². The smallest absolute Gasteiger partial charge is 0.218 e. The van der Waals surface area contributed by atoms with Gasteiger partial charge in [0, 0.05) is 34.7 Å². The lowest BCUT2D eigenvalue weighted by Crippen LogP contribution is -2.32. The third kappa shape index (κ3) is 12.7. The molecule has 0 atom stereocenters. The summed E-state index contributed by atoms with van der Waals surface area (Å²) in [7, 11) is 7.10. The van der Waals surface area contributed by atoms with Crippen LogP contribution >= 0.6 is 46.4 Å². The summed E-state index contributed by atoms with van der Waals surface area (Å²) in [5, 5.41) is 2.06. The minimum Gasteiger partial charge on any atom is -0.369 e. The van der Waals surface area contributed by atoms with Crippen molar-refractivity contribution in [3.8, 4) is 0 Å². The summed E-state index contributed by atoms with van der Waals surface area (Å²) in [4.78, 5) is 19.4. The second-order valence-corrected chi connectivity index (χ2v) is 9.52. The molecule has 0 saturated carbocycles. The Kier molecular flexibility index (Phi) is 13.9. The summed E-state index contributed by atoms with van der Waals surface area (Å²) in [6.07, 6.45) is 0.703. The third-order valence-corrected chi connectivity index (χ3v) is 5.92. The Morgan fingerprint density at radius 2 is 1.08 bits per heavy atom. The fourth-order valence-electron chi connectivity index (χ4n) is 2.31. The minimum absolute atomic E-state index is 0.118. The van der Waals surface area contributed by atoms with Crippen molar-refractivity contribution in [3.05, 3.63) is 67.6 Å². The van der Waals surface area contributed by atoms with Crippen LogP contribution in [0.25, 0.3) is 0 Å². The highest BCUT2D eigenvalue weighted by molar-refractivity contribution is 6.42. The number of guanidine groups is 4. The van der Waals surface area contributed by atoms with E-state index in [4.69, 9.17) is 69.3 Å². The second kappa shape index (κ2) is 16.0. The van der Waals surface area contributed by atoms with Crippen molar-refractivity contribution in [2.75, 3.05) is 34.7 Å². The summed E-state index contributed by atoms with van der Waals surface area (Å²) >= 11 is 23.5. The summed E-state index contributed by atoms with van der Waals surface area (Å²) in [5.41, 5.74) is 24.4. The molecule has 0 bridgehead atoms. The number of hydrogen-bond donors (Lipinski definition) is 4. The van der Waals surface area contributed by atoms with Gasteiger partial charge in [-0.25, -0.2) is 4.99 Å². The average Bonchev–Trinajstić information content (AvgIpc) is 2.82. The van der Waals surface area contributed by atoms with Crippen LogP contribution in [0.4, 0.5) is 0 Å². The van der Waals surface area contributed by atoms with Gasteiger partial charge in [-0.1, -0.05) is 58.5 Å². The monoisotopic (exact) mass is 588 g/mol. The Morgan fingerprint density at radius 3 is 1.54 bits per heavy atom. The highest BCUT2D eigenvalue weighted by Gasteiger charge is 2.01. The molecule has 0 amide bonds. The van der Waals surface area contributed by atoms with Crippen LogP contribution in [0.15, 0.2) is 56.4 Å². The van der Waals surface area contributed by atoms with E-state index in [0.717, 1.165) is 11.1 Å². The van der Waals surface area contributed by atoms with Crippen LogP contribution in [0.2, 0.25) is 20.1 Å². The van der Waals surface area contributed by atoms with Crippen molar-refractivity contribution in [3.63, 3.8) is 0 Å². The molecule has 0 radical (unpaired) electrons. The van der Waals surface area contributed by atoms with Gasteiger partial charge in [0.2, 0.25) is 11.9 Å². The zero-order valence-corrected chi connectivity index (χ0v) is 24.1. The lowest BCUT2D eigenvalue weighted by Gasteiger charge is -2.09. The Balaban J connectivity index is 0.000000371. The van der Waals surface area contributed by atoms with E-state index in [9.17, 15) is 0 Å². The number of nitrogens with zero attached hydrogens (tertiary/aromatic N) is 6. The third-order valence-electron chi connectivity index (χ3n) is 4.44. The first-order valence-corrected chi connectivity index (χ1v) is 12.3. The lowest BCUT2D eigenvalue weighted by atomic mass is 10.1. The molecule has 0 saturated heterocycles. The predicted molar refractivity (Wildman–Crippen MR) is 159 cm³/mol. The van der Waals surface area contributed by atoms with Gasteiger partial charge in [-0.3, -0.25) is 4.99 Å². The van der Waals surface area contributed by atoms with Gasteiger partial charge in [-0.05, 0) is 41.8 Å². The molecule has 8 N–H and O–H groups in total. The molecule has 0 heterocycles. The molecule has 37 heavy (non-hydrogen) atoms. The quantitative estimate of drug-likeness (QED) is 0.309. The lowest BCUT2D eigenvalue weighted by molar-refractivity contribution is 0.615.